The minimum Gasteiger partial charge on any atom is -0.264 e. The van der Waals surface area contributed by atoms with Gasteiger partial charge >= 0.3 is 0 Å². The van der Waals surface area contributed by atoms with E-state index >= 15 is 0 Å². The van der Waals surface area contributed by atoms with Crippen LogP contribution in [0.5, 0.6) is 0 Å². The van der Waals surface area contributed by atoms with Gasteiger partial charge in [-0.15, -0.1) is 0 Å². The van der Waals surface area contributed by atoms with Gasteiger partial charge in [0.05, 0.1) is 16.9 Å². The Balaban J connectivity index is 3.09. The quantitative estimate of drug-likeness (QED) is 0.728. The molecule has 0 spiro atoms. The van der Waals surface area contributed by atoms with E-state index in [4.69, 9.17) is 0 Å². The zero-order chi connectivity index (χ0) is 12.4. The van der Waals surface area contributed by atoms with Crippen molar-refractivity contribution >= 4 is 41.8 Å². The summed E-state index contributed by atoms with van der Waals surface area (Å²) in [5.74, 6) is 0. The van der Waals surface area contributed by atoms with E-state index in [9.17, 15) is 0 Å². The number of hydrogen-bond donors (Lipinski definition) is 0. The molecule has 1 aromatic heterocycles. The highest BCUT2D eigenvalue weighted by molar-refractivity contribution is 6.03. The monoisotopic (exact) mass is 223 g/mol. The fraction of sp³-hybridized carbons (Fsp3) is 0.0714. The lowest BCUT2D eigenvalue weighted by molar-refractivity contribution is 1.35. The van der Waals surface area contributed by atoms with Gasteiger partial charge in [0.25, 0.3) is 0 Å². The molecule has 3 nitrogen and oxygen atoms in total. The van der Waals surface area contributed by atoms with Crippen LogP contribution in [0.3, 0.4) is 0 Å². The second kappa shape index (κ2) is 4.29. The Kier molecular flexibility index (Phi) is 2.83. The lowest BCUT2D eigenvalue weighted by Gasteiger charge is -2.12. The first-order valence-electron chi connectivity index (χ1n) is 5.21. The van der Waals surface area contributed by atoms with E-state index in [0.29, 0.717) is 0 Å². The largest absolute Gasteiger partial charge is 0.264 e. The second-order valence-electron chi connectivity index (χ2n) is 3.66. The van der Waals surface area contributed by atoms with Crippen LogP contribution in [0.1, 0.15) is 11.1 Å². The van der Waals surface area contributed by atoms with Crippen LogP contribution in [0, 0.1) is 6.92 Å². The van der Waals surface area contributed by atoms with Gasteiger partial charge in [-0.3, -0.25) is 15.0 Å². The minimum atomic E-state index is 0.750. The van der Waals surface area contributed by atoms with Crippen LogP contribution in [0.4, 0.5) is 11.4 Å². The summed E-state index contributed by atoms with van der Waals surface area (Å²) in [5.41, 5.74) is 4.27. The highest BCUT2D eigenvalue weighted by Crippen LogP contribution is 2.39. The molecule has 0 saturated heterocycles. The van der Waals surface area contributed by atoms with Crippen molar-refractivity contribution in [2.75, 3.05) is 0 Å². The predicted octanol–water partition coefficient (Wildman–Crippen LogP) is 3.85. The van der Waals surface area contributed by atoms with Gasteiger partial charge < -0.3 is 0 Å². The van der Waals surface area contributed by atoms with Crippen molar-refractivity contribution in [3.8, 4) is 0 Å². The van der Waals surface area contributed by atoms with Crippen LogP contribution >= 0.6 is 0 Å². The molecule has 0 aliphatic rings. The molecule has 0 amide bonds. The normalized spacial score (nSPS) is 10.2. The zero-order valence-corrected chi connectivity index (χ0v) is 9.77. The summed E-state index contributed by atoms with van der Waals surface area (Å²) in [7, 11) is 0. The zero-order valence-electron chi connectivity index (χ0n) is 9.77. The number of pyridine rings is 1. The van der Waals surface area contributed by atoms with Crippen molar-refractivity contribution < 1.29 is 0 Å². The lowest BCUT2D eigenvalue weighted by atomic mass is 9.99. The molecule has 84 valence electrons. The number of aliphatic imine (C=N–C) groups is 2. The number of rotatable bonds is 3. The average molecular weight is 223 g/mol. The molecule has 17 heavy (non-hydrogen) atoms. The summed E-state index contributed by atoms with van der Waals surface area (Å²) < 4.78 is 0. The molecule has 0 atom stereocenters. The molecule has 0 aliphatic heterocycles. The Hall–Kier alpha value is -2.29. The summed E-state index contributed by atoms with van der Waals surface area (Å²) in [6.45, 7) is 13.0. The maximum Gasteiger partial charge on any atom is 0.0986 e. The summed E-state index contributed by atoms with van der Waals surface area (Å²) >= 11 is 0. The van der Waals surface area contributed by atoms with E-state index in [2.05, 4.69) is 35.0 Å². The Morgan fingerprint density at radius 3 is 2.53 bits per heavy atom. The highest BCUT2D eigenvalue weighted by Gasteiger charge is 2.13. The van der Waals surface area contributed by atoms with Crippen molar-refractivity contribution in [2.45, 2.75) is 6.92 Å². The van der Waals surface area contributed by atoms with Crippen LogP contribution in [-0.2, 0) is 0 Å². The number of benzene rings is 1. The van der Waals surface area contributed by atoms with E-state index in [1.165, 1.54) is 0 Å². The molecule has 2 rings (SSSR count). The van der Waals surface area contributed by atoms with Crippen LogP contribution in [0.25, 0.3) is 17.0 Å². The predicted molar refractivity (Wildman–Crippen MR) is 75.0 cm³/mol. The van der Waals surface area contributed by atoms with Crippen LogP contribution < -0.4 is 0 Å². The Labute approximate surface area is 100 Å². The first-order valence-corrected chi connectivity index (χ1v) is 5.21. The first kappa shape index (κ1) is 11.2. The Bertz CT molecular complexity index is 627. The van der Waals surface area contributed by atoms with E-state index in [1.54, 1.807) is 12.3 Å². The second-order valence-corrected chi connectivity index (χ2v) is 3.66. The van der Waals surface area contributed by atoms with Gasteiger partial charge in [-0.1, -0.05) is 12.7 Å². The van der Waals surface area contributed by atoms with Crippen LogP contribution in [0.15, 0.2) is 34.9 Å². The standard InChI is InChI=1S/C14H13N3/c1-5-10-9(2)12(15-3)11-7-6-8-17-14(11)13(10)16-4/h5-8H,1,3-4H2,2H3. The van der Waals surface area contributed by atoms with E-state index in [1.807, 2.05) is 19.1 Å². The Morgan fingerprint density at radius 1 is 1.24 bits per heavy atom. The first-order chi connectivity index (χ1) is 8.24. The van der Waals surface area contributed by atoms with Gasteiger partial charge in [0.1, 0.15) is 0 Å². The average Bonchev–Trinajstić information content (AvgIpc) is 2.37. The van der Waals surface area contributed by atoms with Crippen molar-refractivity contribution in [3.63, 3.8) is 0 Å². The molecular formula is C14H13N3. The maximum atomic E-state index is 4.34. The molecule has 0 radical (unpaired) electrons. The van der Waals surface area contributed by atoms with Crippen LogP contribution in [0.2, 0.25) is 0 Å². The third kappa shape index (κ3) is 1.56. The fourth-order valence-corrected chi connectivity index (χ4v) is 2.03. The molecular weight excluding hydrogens is 210 g/mol. The third-order valence-electron chi connectivity index (χ3n) is 2.82. The van der Waals surface area contributed by atoms with E-state index < -0.39 is 0 Å². The Morgan fingerprint density at radius 2 is 1.94 bits per heavy atom. The van der Waals surface area contributed by atoms with Gasteiger partial charge in [-0.2, -0.15) is 0 Å². The fourth-order valence-electron chi connectivity index (χ4n) is 2.03. The van der Waals surface area contributed by atoms with Gasteiger partial charge in [-0.25, -0.2) is 0 Å². The molecule has 0 bridgehead atoms. The number of aromatic nitrogens is 1. The van der Waals surface area contributed by atoms with E-state index in [0.717, 1.165) is 33.4 Å². The van der Waals surface area contributed by atoms with Crippen LogP contribution in [-0.4, -0.2) is 18.4 Å². The van der Waals surface area contributed by atoms with Gasteiger partial charge in [0, 0.05) is 17.1 Å². The minimum absolute atomic E-state index is 0.750. The summed E-state index contributed by atoms with van der Waals surface area (Å²) in [6, 6.07) is 3.83. The van der Waals surface area contributed by atoms with Gasteiger partial charge in [0.15, 0.2) is 0 Å². The topological polar surface area (TPSA) is 37.6 Å². The molecule has 0 unspecified atom stereocenters. The molecule has 0 N–H and O–H groups in total. The molecule has 0 aliphatic carbocycles. The molecule has 0 saturated carbocycles. The lowest BCUT2D eigenvalue weighted by Crippen LogP contribution is -1.89. The SMILES string of the molecule is C=Cc1c(C)c(N=C)c2cccnc2c1N=C. The number of nitrogens with zero attached hydrogens (tertiary/aromatic N) is 3. The van der Waals surface area contributed by atoms with Gasteiger partial charge in [-0.05, 0) is 38.1 Å². The summed E-state index contributed by atoms with van der Waals surface area (Å²) in [4.78, 5) is 12.5. The third-order valence-corrected chi connectivity index (χ3v) is 2.82. The van der Waals surface area contributed by atoms with Crippen molar-refractivity contribution in [2.24, 2.45) is 9.98 Å². The van der Waals surface area contributed by atoms with Crippen molar-refractivity contribution in [3.05, 3.63) is 36.0 Å². The van der Waals surface area contributed by atoms with Gasteiger partial charge in [0.2, 0.25) is 0 Å². The maximum absolute atomic E-state index is 4.34. The number of hydrogen-bond acceptors (Lipinski definition) is 3. The molecule has 0 fully saturated rings. The molecule has 3 heteroatoms. The summed E-state index contributed by atoms with van der Waals surface area (Å²) in [6.07, 6.45) is 3.48. The molecule has 1 aromatic carbocycles. The highest BCUT2D eigenvalue weighted by atomic mass is 14.8. The smallest absolute Gasteiger partial charge is 0.0986 e. The molecule has 2 aromatic rings. The van der Waals surface area contributed by atoms with Crippen molar-refractivity contribution in [1.29, 1.82) is 0 Å². The van der Waals surface area contributed by atoms with E-state index in [-0.39, 0.29) is 0 Å². The molecule has 1 heterocycles. The number of fused-ring (bicyclic) bond motifs is 1. The van der Waals surface area contributed by atoms with Crippen molar-refractivity contribution in [1.82, 2.24) is 4.98 Å². The summed E-state index contributed by atoms with van der Waals surface area (Å²) in [5, 5.41) is 0.938.